The molecule has 0 saturated carbocycles. The SMILES string of the molecule is CCOC(=O)C[C@H](N)c1c(C)c(C)c(C)c(C)c1C.Cl. The van der Waals surface area contributed by atoms with Crippen LogP contribution in [0.1, 0.15) is 52.8 Å². The van der Waals surface area contributed by atoms with Crippen molar-refractivity contribution in [2.75, 3.05) is 6.61 Å². The lowest BCUT2D eigenvalue weighted by molar-refractivity contribution is -0.143. The van der Waals surface area contributed by atoms with Crippen LogP contribution in [0.5, 0.6) is 0 Å². The maximum Gasteiger partial charge on any atom is 0.307 e. The van der Waals surface area contributed by atoms with Gasteiger partial charge in [-0.2, -0.15) is 0 Å². The largest absolute Gasteiger partial charge is 0.466 e. The lowest BCUT2D eigenvalue weighted by Gasteiger charge is -2.22. The van der Waals surface area contributed by atoms with Crippen LogP contribution in [0.3, 0.4) is 0 Å². The summed E-state index contributed by atoms with van der Waals surface area (Å²) in [5, 5.41) is 0. The van der Waals surface area contributed by atoms with Crippen LogP contribution >= 0.6 is 12.4 Å². The molecule has 3 nitrogen and oxygen atoms in total. The van der Waals surface area contributed by atoms with Crippen molar-refractivity contribution >= 4 is 18.4 Å². The topological polar surface area (TPSA) is 52.3 Å². The summed E-state index contributed by atoms with van der Waals surface area (Å²) in [6, 6.07) is -0.294. The Bertz CT molecular complexity index is 469. The van der Waals surface area contributed by atoms with E-state index in [0.717, 1.165) is 5.56 Å². The molecule has 20 heavy (non-hydrogen) atoms. The Labute approximate surface area is 128 Å². The number of benzene rings is 1. The molecule has 0 aliphatic carbocycles. The van der Waals surface area contributed by atoms with Gasteiger partial charge in [0.05, 0.1) is 13.0 Å². The highest BCUT2D eigenvalue weighted by Crippen LogP contribution is 2.30. The van der Waals surface area contributed by atoms with Crippen molar-refractivity contribution in [3.63, 3.8) is 0 Å². The zero-order valence-electron chi connectivity index (χ0n) is 13.3. The second-order valence-electron chi connectivity index (χ2n) is 5.15. The van der Waals surface area contributed by atoms with E-state index in [2.05, 4.69) is 34.6 Å². The van der Waals surface area contributed by atoms with Crippen LogP contribution in [0.15, 0.2) is 0 Å². The van der Waals surface area contributed by atoms with Crippen molar-refractivity contribution in [2.45, 2.75) is 54.0 Å². The van der Waals surface area contributed by atoms with Gasteiger partial charge in [-0.05, 0) is 74.9 Å². The lowest BCUT2D eigenvalue weighted by atomic mass is 9.85. The van der Waals surface area contributed by atoms with Gasteiger partial charge in [-0.1, -0.05) is 0 Å². The molecule has 0 unspecified atom stereocenters. The van der Waals surface area contributed by atoms with Crippen LogP contribution < -0.4 is 5.73 Å². The molecular formula is C16H26ClNO2. The minimum atomic E-state index is -0.294. The standard InChI is InChI=1S/C16H25NO2.ClH/c1-7-19-15(18)8-14(17)16-12(5)10(3)9(2)11(4)13(16)6;/h14H,7-8,17H2,1-6H3;1H/t14-;/m0./s1. The second-order valence-corrected chi connectivity index (χ2v) is 5.15. The molecule has 0 saturated heterocycles. The van der Waals surface area contributed by atoms with Gasteiger partial charge in [0.2, 0.25) is 0 Å². The fourth-order valence-electron chi connectivity index (χ4n) is 2.59. The molecule has 114 valence electrons. The van der Waals surface area contributed by atoms with Crippen molar-refractivity contribution in [1.82, 2.24) is 0 Å². The predicted molar refractivity (Wildman–Crippen MR) is 85.6 cm³/mol. The van der Waals surface area contributed by atoms with E-state index in [1.807, 2.05) is 0 Å². The van der Waals surface area contributed by atoms with Crippen molar-refractivity contribution in [3.05, 3.63) is 33.4 Å². The van der Waals surface area contributed by atoms with Gasteiger partial charge in [0.15, 0.2) is 0 Å². The minimum absolute atomic E-state index is 0. The monoisotopic (exact) mass is 299 g/mol. The number of nitrogens with two attached hydrogens (primary N) is 1. The highest BCUT2D eigenvalue weighted by Gasteiger charge is 2.20. The Hall–Kier alpha value is -1.06. The summed E-state index contributed by atoms with van der Waals surface area (Å²) in [5.74, 6) is -0.232. The molecule has 4 heteroatoms. The minimum Gasteiger partial charge on any atom is -0.466 e. The van der Waals surface area contributed by atoms with Gasteiger partial charge in [0, 0.05) is 6.04 Å². The van der Waals surface area contributed by atoms with E-state index < -0.39 is 0 Å². The van der Waals surface area contributed by atoms with E-state index in [0.29, 0.717) is 6.61 Å². The summed E-state index contributed by atoms with van der Waals surface area (Å²) in [4.78, 5) is 11.6. The molecule has 0 radical (unpaired) electrons. The van der Waals surface area contributed by atoms with Crippen LogP contribution in [-0.2, 0) is 9.53 Å². The Morgan fingerprint density at radius 3 is 1.80 bits per heavy atom. The van der Waals surface area contributed by atoms with Crippen molar-refractivity contribution in [3.8, 4) is 0 Å². The summed E-state index contributed by atoms with van der Waals surface area (Å²) in [6.07, 6.45) is 0.234. The molecule has 0 spiro atoms. The zero-order chi connectivity index (χ0) is 14.7. The first-order valence-electron chi connectivity index (χ1n) is 6.79. The molecule has 0 fully saturated rings. The van der Waals surface area contributed by atoms with E-state index in [1.54, 1.807) is 6.92 Å². The third kappa shape index (κ3) is 3.74. The first-order valence-corrected chi connectivity index (χ1v) is 6.79. The first kappa shape index (κ1) is 18.9. The highest BCUT2D eigenvalue weighted by atomic mass is 35.5. The summed E-state index contributed by atoms with van der Waals surface area (Å²) in [7, 11) is 0. The van der Waals surface area contributed by atoms with Crippen LogP contribution in [-0.4, -0.2) is 12.6 Å². The van der Waals surface area contributed by atoms with Crippen molar-refractivity contribution in [1.29, 1.82) is 0 Å². The summed E-state index contributed by atoms with van der Waals surface area (Å²) >= 11 is 0. The van der Waals surface area contributed by atoms with E-state index in [1.165, 1.54) is 27.8 Å². The third-order valence-corrected chi connectivity index (χ3v) is 4.12. The average molecular weight is 300 g/mol. The van der Waals surface area contributed by atoms with Crippen LogP contribution in [0, 0.1) is 34.6 Å². The van der Waals surface area contributed by atoms with Gasteiger partial charge in [-0.3, -0.25) is 4.79 Å². The normalized spacial score (nSPS) is 11.8. The zero-order valence-corrected chi connectivity index (χ0v) is 14.1. The number of halogens is 1. The molecule has 0 bridgehead atoms. The number of carbonyl (C=O) groups excluding carboxylic acids is 1. The average Bonchev–Trinajstić information content (AvgIpc) is 2.34. The molecule has 0 aliphatic rings. The predicted octanol–water partition coefficient (Wildman–Crippen LogP) is 3.60. The molecule has 1 aromatic rings. The van der Waals surface area contributed by atoms with Gasteiger partial charge < -0.3 is 10.5 Å². The summed E-state index contributed by atoms with van der Waals surface area (Å²) in [5.41, 5.74) is 13.5. The number of hydrogen-bond donors (Lipinski definition) is 1. The van der Waals surface area contributed by atoms with E-state index in [9.17, 15) is 4.79 Å². The molecule has 2 N–H and O–H groups in total. The molecule has 0 aliphatic heterocycles. The van der Waals surface area contributed by atoms with Gasteiger partial charge in [-0.25, -0.2) is 0 Å². The third-order valence-electron chi connectivity index (χ3n) is 4.12. The van der Waals surface area contributed by atoms with Gasteiger partial charge in [0.1, 0.15) is 0 Å². The molecule has 1 atom stereocenters. The number of ether oxygens (including phenoxy) is 1. The number of hydrogen-bond acceptors (Lipinski definition) is 3. The fraction of sp³-hybridized carbons (Fsp3) is 0.562. The van der Waals surface area contributed by atoms with Crippen LogP contribution in [0.4, 0.5) is 0 Å². The second kappa shape index (κ2) is 7.65. The Morgan fingerprint density at radius 2 is 1.40 bits per heavy atom. The summed E-state index contributed by atoms with van der Waals surface area (Å²) in [6.45, 7) is 12.7. The van der Waals surface area contributed by atoms with Crippen LogP contribution in [0.25, 0.3) is 0 Å². The highest BCUT2D eigenvalue weighted by molar-refractivity contribution is 5.85. The van der Waals surface area contributed by atoms with Crippen molar-refractivity contribution in [2.24, 2.45) is 5.73 Å². The van der Waals surface area contributed by atoms with E-state index in [-0.39, 0.29) is 30.8 Å². The molecule has 1 aromatic carbocycles. The molecule has 1 rings (SSSR count). The van der Waals surface area contributed by atoms with E-state index in [4.69, 9.17) is 10.5 Å². The maximum atomic E-state index is 11.6. The molecule has 0 amide bonds. The van der Waals surface area contributed by atoms with E-state index >= 15 is 0 Å². The number of rotatable bonds is 4. The smallest absolute Gasteiger partial charge is 0.307 e. The molecule has 0 aromatic heterocycles. The number of esters is 1. The summed E-state index contributed by atoms with van der Waals surface area (Å²) < 4.78 is 4.98. The van der Waals surface area contributed by atoms with Gasteiger partial charge in [0.25, 0.3) is 0 Å². The lowest BCUT2D eigenvalue weighted by Crippen LogP contribution is -2.20. The Balaban J connectivity index is 0.00000361. The maximum absolute atomic E-state index is 11.6. The van der Waals surface area contributed by atoms with Crippen molar-refractivity contribution < 1.29 is 9.53 Å². The quantitative estimate of drug-likeness (QED) is 0.864. The molecular weight excluding hydrogens is 274 g/mol. The fourth-order valence-corrected chi connectivity index (χ4v) is 2.59. The van der Waals surface area contributed by atoms with Crippen LogP contribution in [0.2, 0.25) is 0 Å². The number of carbonyl (C=O) groups is 1. The Morgan fingerprint density at radius 1 is 1.00 bits per heavy atom. The molecule has 0 heterocycles. The van der Waals surface area contributed by atoms with Gasteiger partial charge >= 0.3 is 5.97 Å². The van der Waals surface area contributed by atoms with Gasteiger partial charge in [-0.15, -0.1) is 12.4 Å². The Kier molecular flexibility index (Phi) is 7.25. The first-order chi connectivity index (χ1) is 8.81.